The Labute approximate surface area is 165 Å². The maximum Gasteiger partial charge on any atom is 0.338 e. The van der Waals surface area contributed by atoms with Crippen molar-refractivity contribution >= 4 is 40.6 Å². The molecule has 28 heavy (non-hydrogen) atoms. The number of thiophene rings is 1. The van der Waals surface area contributed by atoms with Crippen LogP contribution in [0, 0.1) is 6.92 Å². The lowest BCUT2D eigenvalue weighted by Crippen LogP contribution is -2.22. The predicted molar refractivity (Wildman–Crippen MR) is 106 cm³/mol. The molecule has 0 radical (unpaired) electrons. The monoisotopic (exact) mass is 398 g/mol. The van der Waals surface area contributed by atoms with Crippen LogP contribution in [0.2, 0.25) is 0 Å². The zero-order valence-corrected chi connectivity index (χ0v) is 16.1. The number of ether oxygens (including phenoxy) is 1. The maximum absolute atomic E-state index is 12.1. The fourth-order valence-electron chi connectivity index (χ4n) is 2.41. The minimum Gasteiger partial charge on any atom is -0.452 e. The molecule has 2 amide bonds. The number of rotatable bonds is 6. The summed E-state index contributed by atoms with van der Waals surface area (Å²) in [5.74, 6) is -0.791. The summed E-state index contributed by atoms with van der Waals surface area (Å²) in [6.07, 6.45) is 0. The van der Waals surface area contributed by atoms with E-state index >= 15 is 0 Å². The molecule has 2 heterocycles. The molecule has 0 bridgehead atoms. The highest BCUT2D eigenvalue weighted by Crippen LogP contribution is 2.15. The summed E-state index contributed by atoms with van der Waals surface area (Å²) < 4.78 is 6.55. The lowest BCUT2D eigenvalue weighted by molar-refractivity contribution is -0.119. The van der Waals surface area contributed by atoms with Crippen LogP contribution in [0.1, 0.15) is 25.7 Å². The van der Waals surface area contributed by atoms with Gasteiger partial charge in [0.15, 0.2) is 6.61 Å². The van der Waals surface area contributed by atoms with E-state index < -0.39 is 18.5 Å². The number of carbonyl (C=O) groups is 3. The van der Waals surface area contributed by atoms with Crippen molar-refractivity contribution in [3.8, 4) is 0 Å². The fourth-order valence-corrected chi connectivity index (χ4v) is 3.03. The molecule has 0 saturated carbocycles. The van der Waals surface area contributed by atoms with Crippen LogP contribution in [0.3, 0.4) is 0 Å². The third-order valence-electron chi connectivity index (χ3n) is 3.73. The van der Waals surface area contributed by atoms with Crippen LogP contribution in [-0.4, -0.2) is 34.2 Å². The van der Waals surface area contributed by atoms with Gasteiger partial charge in [0.05, 0.1) is 16.1 Å². The molecule has 3 aromatic rings. The zero-order valence-electron chi connectivity index (χ0n) is 15.3. The summed E-state index contributed by atoms with van der Waals surface area (Å²) in [5, 5.41) is 11.3. The minimum atomic E-state index is -0.632. The lowest BCUT2D eigenvalue weighted by atomic mass is 10.2. The standard InChI is InChI=1S/C19H18N4O4S/c1-12-10-16(23(2)22-12)21-17(24)11-27-19(26)13-5-7-14(8-6-13)20-18(25)15-4-3-9-28-15/h3-10H,11H2,1-2H3,(H,20,25)(H,21,24). The van der Waals surface area contributed by atoms with Crippen LogP contribution >= 0.6 is 11.3 Å². The van der Waals surface area contributed by atoms with Crippen LogP contribution in [0.15, 0.2) is 47.8 Å². The average Bonchev–Trinajstić information content (AvgIpc) is 3.30. The summed E-state index contributed by atoms with van der Waals surface area (Å²) in [5.41, 5.74) is 1.60. The molecule has 2 N–H and O–H groups in total. The van der Waals surface area contributed by atoms with Crippen molar-refractivity contribution in [3.05, 3.63) is 64.0 Å². The first kappa shape index (κ1) is 19.3. The Morgan fingerprint density at radius 3 is 2.50 bits per heavy atom. The van der Waals surface area contributed by atoms with Crippen molar-refractivity contribution in [1.82, 2.24) is 9.78 Å². The molecule has 0 aliphatic rings. The number of nitrogens with one attached hydrogen (secondary N) is 2. The number of aromatic nitrogens is 2. The molecule has 2 aromatic heterocycles. The molecule has 0 spiro atoms. The van der Waals surface area contributed by atoms with Gasteiger partial charge in [0.25, 0.3) is 11.8 Å². The van der Waals surface area contributed by atoms with E-state index in [0.717, 1.165) is 5.69 Å². The number of anilines is 2. The molecule has 9 heteroatoms. The number of nitrogens with zero attached hydrogens (tertiary/aromatic N) is 2. The van der Waals surface area contributed by atoms with Crippen molar-refractivity contribution in [2.45, 2.75) is 6.92 Å². The minimum absolute atomic E-state index is 0.215. The Morgan fingerprint density at radius 2 is 1.89 bits per heavy atom. The number of aryl methyl sites for hydroxylation is 2. The third-order valence-corrected chi connectivity index (χ3v) is 4.60. The number of amides is 2. The van der Waals surface area contributed by atoms with Crippen molar-refractivity contribution in [2.75, 3.05) is 17.2 Å². The Bertz CT molecular complexity index is 994. The SMILES string of the molecule is Cc1cc(NC(=O)COC(=O)c2ccc(NC(=O)c3cccs3)cc2)n(C)n1. The van der Waals surface area contributed by atoms with Gasteiger partial charge in [0, 0.05) is 18.8 Å². The van der Waals surface area contributed by atoms with Crippen LogP contribution < -0.4 is 10.6 Å². The largest absolute Gasteiger partial charge is 0.452 e. The van der Waals surface area contributed by atoms with Crippen molar-refractivity contribution in [2.24, 2.45) is 7.05 Å². The van der Waals surface area contributed by atoms with Gasteiger partial charge >= 0.3 is 5.97 Å². The predicted octanol–water partition coefficient (Wildman–Crippen LogP) is 2.84. The lowest BCUT2D eigenvalue weighted by Gasteiger charge is -2.07. The van der Waals surface area contributed by atoms with E-state index in [-0.39, 0.29) is 11.5 Å². The second kappa shape index (κ2) is 8.49. The Kier molecular flexibility index (Phi) is 5.85. The molecular weight excluding hydrogens is 380 g/mol. The molecule has 3 rings (SSSR count). The first-order valence-corrected chi connectivity index (χ1v) is 9.23. The van der Waals surface area contributed by atoms with Gasteiger partial charge in [-0.3, -0.25) is 14.3 Å². The van der Waals surface area contributed by atoms with Gasteiger partial charge in [-0.15, -0.1) is 11.3 Å². The topological polar surface area (TPSA) is 102 Å². The van der Waals surface area contributed by atoms with Gasteiger partial charge in [-0.2, -0.15) is 5.10 Å². The summed E-state index contributed by atoms with van der Waals surface area (Å²) in [6.45, 7) is 1.39. The molecule has 0 unspecified atom stereocenters. The fraction of sp³-hybridized carbons (Fsp3) is 0.158. The maximum atomic E-state index is 12.1. The van der Waals surface area contributed by atoms with Crippen LogP contribution in [0.5, 0.6) is 0 Å². The van der Waals surface area contributed by atoms with Gasteiger partial charge in [-0.25, -0.2) is 4.79 Å². The highest BCUT2D eigenvalue weighted by atomic mass is 32.1. The van der Waals surface area contributed by atoms with E-state index in [2.05, 4.69) is 15.7 Å². The second-order valence-electron chi connectivity index (χ2n) is 5.93. The Morgan fingerprint density at radius 1 is 1.14 bits per heavy atom. The molecule has 0 aliphatic carbocycles. The summed E-state index contributed by atoms with van der Waals surface area (Å²) in [4.78, 5) is 36.6. The van der Waals surface area contributed by atoms with Crippen LogP contribution in [0.25, 0.3) is 0 Å². The average molecular weight is 398 g/mol. The second-order valence-corrected chi connectivity index (χ2v) is 6.88. The smallest absolute Gasteiger partial charge is 0.338 e. The van der Waals surface area contributed by atoms with Crippen molar-refractivity contribution in [3.63, 3.8) is 0 Å². The number of benzene rings is 1. The molecule has 144 valence electrons. The molecule has 0 fully saturated rings. The van der Waals surface area contributed by atoms with E-state index in [1.807, 2.05) is 12.3 Å². The number of esters is 1. The van der Waals surface area contributed by atoms with Crippen LogP contribution in [-0.2, 0) is 16.6 Å². The first-order valence-electron chi connectivity index (χ1n) is 8.35. The number of carbonyl (C=O) groups excluding carboxylic acids is 3. The Balaban J connectivity index is 1.51. The van der Waals surface area contributed by atoms with Crippen LogP contribution in [0.4, 0.5) is 11.5 Å². The number of hydrogen-bond donors (Lipinski definition) is 2. The summed E-state index contributed by atoms with van der Waals surface area (Å²) in [7, 11) is 1.70. The summed E-state index contributed by atoms with van der Waals surface area (Å²) >= 11 is 1.34. The van der Waals surface area contributed by atoms with Crippen molar-refractivity contribution < 1.29 is 19.1 Å². The van der Waals surface area contributed by atoms with E-state index in [4.69, 9.17) is 4.74 Å². The molecule has 8 nitrogen and oxygen atoms in total. The van der Waals surface area contributed by atoms with Crippen molar-refractivity contribution in [1.29, 1.82) is 0 Å². The zero-order chi connectivity index (χ0) is 20.1. The molecule has 0 atom stereocenters. The van der Waals surface area contributed by atoms with E-state index in [1.165, 1.54) is 28.2 Å². The van der Waals surface area contributed by atoms with Gasteiger partial charge in [-0.05, 0) is 42.6 Å². The van der Waals surface area contributed by atoms with E-state index in [1.54, 1.807) is 37.4 Å². The Hall–Kier alpha value is -3.46. The van der Waals surface area contributed by atoms with Gasteiger partial charge in [0.1, 0.15) is 5.82 Å². The molecule has 0 saturated heterocycles. The number of hydrogen-bond acceptors (Lipinski definition) is 6. The van der Waals surface area contributed by atoms with E-state index in [0.29, 0.717) is 16.4 Å². The normalized spacial score (nSPS) is 10.4. The van der Waals surface area contributed by atoms with Gasteiger partial charge < -0.3 is 15.4 Å². The van der Waals surface area contributed by atoms with E-state index in [9.17, 15) is 14.4 Å². The first-order chi connectivity index (χ1) is 13.4. The third kappa shape index (κ3) is 4.83. The highest BCUT2D eigenvalue weighted by molar-refractivity contribution is 7.12. The van der Waals surface area contributed by atoms with Gasteiger partial charge in [-0.1, -0.05) is 6.07 Å². The van der Waals surface area contributed by atoms with Gasteiger partial charge in [0.2, 0.25) is 0 Å². The summed E-state index contributed by atoms with van der Waals surface area (Å²) in [6, 6.07) is 11.5. The molecule has 1 aromatic carbocycles. The highest BCUT2D eigenvalue weighted by Gasteiger charge is 2.13. The molecule has 0 aliphatic heterocycles. The molecular formula is C19H18N4O4S. The quantitative estimate of drug-likeness (QED) is 0.622.